The Morgan fingerprint density at radius 3 is 2.08 bits per heavy atom. The Kier molecular flexibility index (Phi) is 8.99. The third kappa shape index (κ3) is 8.90. The number of aliphatic imine (C=N–C) groups is 1. The predicted molar refractivity (Wildman–Crippen MR) is 50.7 cm³/mol. The fourth-order valence-electron chi connectivity index (χ4n) is 0.332. The molecule has 0 aliphatic heterocycles. The van der Waals surface area contributed by atoms with Gasteiger partial charge in [0.2, 0.25) is 0 Å². The van der Waals surface area contributed by atoms with Crippen molar-refractivity contribution in [1.82, 2.24) is 0 Å². The van der Waals surface area contributed by atoms with E-state index in [0.717, 1.165) is 0 Å². The van der Waals surface area contributed by atoms with Crippen LogP contribution in [0.5, 0.6) is 0 Å². The summed E-state index contributed by atoms with van der Waals surface area (Å²) in [6, 6.07) is -0.581. The van der Waals surface area contributed by atoms with Crippen molar-refractivity contribution in [3.8, 4) is 0 Å². The fourth-order valence-corrected chi connectivity index (χ4v) is 0.332. The number of nitrogens with two attached hydrogens (primary N) is 3. The van der Waals surface area contributed by atoms with E-state index in [4.69, 9.17) is 17.2 Å². The SMILES string of the molecule is CC.CC(=O)C(N)CN=C(N)N. The minimum absolute atomic E-state index is 0.0447. The largest absolute Gasteiger partial charge is 0.370 e. The average molecular weight is 174 g/mol. The van der Waals surface area contributed by atoms with E-state index in [1.54, 1.807) is 0 Å². The van der Waals surface area contributed by atoms with Crippen LogP contribution in [0.2, 0.25) is 0 Å². The molecule has 5 heteroatoms. The lowest BCUT2D eigenvalue weighted by Gasteiger charge is -2.01. The Labute approximate surface area is 73.0 Å². The Bertz CT molecular complexity index is 151. The first kappa shape index (κ1) is 13.5. The maximum absolute atomic E-state index is 10.5. The lowest BCUT2D eigenvalue weighted by molar-refractivity contribution is -0.117. The van der Waals surface area contributed by atoms with Crippen LogP contribution in [0.15, 0.2) is 4.99 Å². The molecular weight excluding hydrogens is 156 g/mol. The first-order chi connectivity index (χ1) is 5.54. The smallest absolute Gasteiger partial charge is 0.185 e. The molecule has 0 aromatic rings. The molecular formula is C7H18N4O. The van der Waals surface area contributed by atoms with E-state index >= 15 is 0 Å². The summed E-state index contributed by atoms with van der Waals surface area (Å²) in [6.07, 6.45) is 0. The molecule has 1 unspecified atom stereocenters. The molecule has 0 saturated heterocycles. The van der Waals surface area contributed by atoms with Crippen LogP contribution in [0.1, 0.15) is 20.8 Å². The van der Waals surface area contributed by atoms with Crippen molar-refractivity contribution >= 4 is 11.7 Å². The molecule has 72 valence electrons. The third-order valence-corrected chi connectivity index (χ3v) is 0.993. The zero-order valence-corrected chi connectivity index (χ0v) is 7.87. The number of ketones is 1. The van der Waals surface area contributed by atoms with Gasteiger partial charge in [-0.25, -0.2) is 0 Å². The summed E-state index contributed by atoms with van der Waals surface area (Å²) in [5, 5.41) is 0. The summed E-state index contributed by atoms with van der Waals surface area (Å²) >= 11 is 0. The Morgan fingerprint density at radius 1 is 1.42 bits per heavy atom. The molecule has 1 atom stereocenters. The molecule has 5 nitrogen and oxygen atoms in total. The van der Waals surface area contributed by atoms with Gasteiger partial charge in [0, 0.05) is 0 Å². The van der Waals surface area contributed by atoms with E-state index in [2.05, 4.69) is 4.99 Å². The number of hydrogen-bond donors (Lipinski definition) is 3. The number of carbonyl (C=O) groups excluding carboxylic acids is 1. The standard InChI is InChI=1S/C5H12N4O.C2H6/c1-3(10)4(6)2-9-5(7)8;1-2/h4H,2,6H2,1H3,(H4,7,8,9);1-2H3. The van der Waals surface area contributed by atoms with Crippen molar-refractivity contribution in [2.45, 2.75) is 26.8 Å². The number of Topliss-reactive ketones (excluding diaryl/α,β-unsaturated/α-hetero) is 1. The van der Waals surface area contributed by atoms with Crippen molar-refractivity contribution in [3.63, 3.8) is 0 Å². The van der Waals surface area contributed by atoms with Crippen LogP contribution in [0.25, 0.3) is 0 Å². The van der Waals surface area contributed by atoms with Crippen LogP contribution in [0.3, 0.4) is 0 Å². The van der Waals surface area contributed by atoms with Crippen LogP contribution in [0.4, 0.5) is 0 Å². The molecule has 6 N–H and O–H groups in total. The van der Waals surface area contributed by atoms with Gasteiger partial charge >= 0.3 is 0 Å². The van der Waals surface area contributed by atoms with Gasteiger partial charge in [0.25, 0.3) is 0 Å². The molecule has 0 amide bonds. The van der Waals surface area contributed by atoms with E-state index in [1.165, 1.54) is 6.92 Å². The van der Waals surface area contributed by atoms with Crippen molar-refractivity contribution in [2.75, 3.05) is 6.54 Å². The van der Waals surface area contributed by atoms with Gasteiger partial charge in [0.05, 0.1) is 12.6 Å². The second kappa shape index (κ2) is 8.00. The minimum atomic E-state index is -0.581. The summed E-state index contributed by atoms with van der Waals surface area (Å²) in [7, 11) is 0. The van der Waals surface area contributed by atoms with Gasteiger partial charge in [-0.2, -0.15) is 0 Å². The van der Waals surface area contributed by atoms with Crippen LogP contribution in [-0.2, 0) is 4.79 Å². The molecule has 0 aromatic carbocycles. The van der Waals surface area contributed by atoms with Gasteiger partial charge in [-0.1, -0.05) is 13.8 Å². The normalized spacial score (nSPS) is 10.7. The van der Waals surface area contributed by atoms with E-state index in [0.29, 0.717) is 0 Å². The average Bonchev–Trinajstić information content (AvgIpc) is 2.03. The third-order valence-electron chi connectivity index (χ3n) is 0.993. The van der Waals surface area contributed by atoms with Gasteiger partial charge < -0.3 is 17.2 Å². The number of hydrogen-bond acceptors (Lipinski definition) is 3. The summed E-state index contributed by atoms with van der Waals surface area (Å²) in [5.74, 6) is -0.165. The highest BCUT2D eigenvalue weighted by Crippen LogP contribution is 1.80. The molecule has 0 aliphatic carbocycles. The predicted octanol–water partition coefficient (Wildman–Crippen LogP) is -0.798. The Balaban J connectivity index is 0. The summed E-state index contributed by atoms with van der Waals surface area (Å²) in [5.41, 5.74) is 15.3. The number of nitrogens with zero attached hydrogens (tertiary/aromatic N) is 1. The van der Waals surface area contributed by atoms with E-state index in [1.807, 2.05) is 13.8 Å². The van der Waals surface area contributed by atoms with E-state index < -0.39 is 6.04 Å². The topological polar surface area (TPSA) is 107 Å². The zero-order chi connectivity index (χ0) is 10.1. The van der Waals surface area contributed by atoms with Gasteiger partial charge in [-0.05, 0) is 6.92 Å². The Morgan fingerprint density at radius 2 is 1.83 bits per heavy atom. The maximum atomic E-state index is 10.5. The molecule has 0 fully saturated rings. The molecule has 0 rings (SSSR count). The molecule has 0 aromatic heterocycles. The molecule has 0 spiro atoms. The highest BCUT2D eigenvalue weighted by atomic mass is 16.1. The maximum Gasteiger partial charge on any atom is 0.185 e. The Hall–Kier alpha value is -1.10. The number of carbonyl (C=O) groups is 1. The molecule has 0 bridgehead atoms. The summed E-state index contributed by atoms with van der Waals surface area (Å²) in [6.45, 7) is 5.56. The van der Waals surface area contributed by atoms with Crippen molar-refractivity contribution < 1.29 is 4.79 Å². The van der Waals surface area contributed by atoms with Crippen molar-refractivity contribution in [3.05, 3.63) is 0 Å². The zero-order valence-electron chi connectivity index (χ0n) is 7.87. The minimum Gasteiger partial charge on any atom is -0.370 e. The highest BCUT2D eigenvalue weighted by Gasteiger charge is 2.05. The number of guanidine groups is 1. The summed E-state index contributed by atoms with van der Waals surface area (Å²) < 4.78 is 0. The van der Waals surface area contributed by atoms with Gasteiger partial charge in [-0.3, -0.25) is 9.79 Å². The van der Waals surface area contributed by atoms with Crippen molar-refractivity contribution in [1.29, 1.82) is 0 Å². The van der Waals surface area contributed by atoms with Crippen LogP contribution in [-0.4, -0.2) is 24.3 Å². The van der Waals surface area contributed by atoms with Crippen LogP contribution in [0, 0.1) is 0 Å². The molecule has 12 heavy (non-hydrogen) atoms. The molecule has 0 aliphatic rings. The number of rotatable bonds is 3. The van der Waals surface area contributed by atoms with Gasteiger partial charge in [0.15, 0.2) is 5.96 Å². The second-order valence-electron chi connectivity index (χ2n) is 1.98. The van der Waals surface area contributed by atoms with Crippen molar-refractivity contribution in [2.24, 2.45) is 22.2 Å². The fraction of sp³-hybridized carbons (Fsp3) is 0.714. The lowest BCUT2D eigenvalue weighted by atomic mass is 10.2. The van der Waals surface area contributed by atoms with E-state index in [9.17, 15) is 4.79 Å². The monoisotopic (exact) mass is 174 g/mol. The first-order valence-electron chi connectivity index (χ1n) is 3.85. The van der Waals surface area contributed by atoms with Gasteiger partial charge in [0.1, 0.15) is 5.78 Å². The summed E-state index contributed by atoms with van der Waals surface area (Å²) in [4.78, 5) is 14.1. The molecule has 0 saturated carbocycles. The second-order valence-corrected chi connectivity index (χ2v) is 1.98. The first-order valence-corrected chi connectivity index (χ1v) is 3.85. The van der Waals surface area contributed by atoms with Crippen LogP contribution < -0.4 is 17.2 Å². The van der Waals surface area contributed by atoms with E-state index in [-0.39, 0.29) is 18.3 Å². The highest BCUT2D eigenvalue weighted by molar-refractivity contribution is 5.82. The molecule has 0 radical (unpaired) electrons. The molecule has 0 heterocycles. The quantitative estimate of drug-likeness (QED) is 0.384. The van der Waals surface area contributed by atoms with Gasteiger partial charge in [-0.15, -0.1) is 0 Å². The lowest BCUT2D eigenvalue weighted by Crippen LogP contribution is -2.33. The van der Waals surface area contributed by atoms with Crippen LogP contribution >= 0.6 is 0 Å².